The third kappa shape index (κ3) is 2.78. The fourth-order valence-corrected chi connectivity index (χ4v) is 5.30. The minimum atomic E-state index is -0.352. The van der Waals surface area contributed by atoms with Crippen LogP contribution in [0.15, 0.2) is 33.9 Å². The fraction of sp³-hybridized carbons (Fsp3) is 0.682. The van der Waals surface area contributed by atoms with Crippen molar-refractivity contribution in [2.75, 3.05) is 13.2 Å². The number of aliphatic hydroxyl groups is 1. The lowest BCUT2D eigenvalue weighted by molar-refractivity contribution is -0.145. The number of ether oxygens (including phenoxy) is 1. The van der Waals surface area contributed by atoms with Crippen LogP contribution in [0.1, 0.15) is 59.3 Å². The molecule has 142 valence electrons. The van der Waals surface area contributed by atoms with E-state index in [1.54, 1.807) is 0 Å². The van der Waals surface area contributed by atoms with Crippen molar-refractivity contribution in [3.05, 3.63) is 33.9 Å². The first-order valence-corrected chi connectivity index (χ1v) is 10.2. The molecule has 1 unspecified atom stereocenters. The van der Waals surface area contributed by atoms with E-state index in [1.165, 1.54) is 35.1 Å². The third-order valence-corrected chi connectivity index (χ3v) is 7.17. The van der Waals surface area contributed by atoms with Crippen molar-refractivity contribution in [1.82, 2.24) is 5.32 Å². The topological polar surface area (TPSA) is 58.6 Å². The van der Waals surface area contributed by atoms with Gasteiger partial charge in [0.05, 0.1) is 12.7 Å². The predicted octanol–water partition coefficient (Wildman–Crippen LogP) is 3.43. The number of hydrogen-bond donors (Lipinski definition) is 2. The second-order valence-electron chi connectivity index (χ2n) is 8.57. The molecule has 0 aromatic heterocycles. The van der Waals surface area contributed by atoms with Crippen LogP contribution in [-0.4, -0.2) is 36.4 Å². The molecule has 0 aromatic rings. The molecular formula is C22H31NO3. The second-order valence-corrected chi connectivity index (χ2v) is 8.57. The van der Waals surface area contributed by atoms with Gasteiger partial charge in [0.1, 0.15) is 6.04 Å². The molecule has 1 spiro atoms. The molecule has 0 amide bonds. The maximum Gasteiger partial charge on any atom is 0.323 e. The highest BCUT2D eigenvalue weighted by Crippen LogP contribution is 2.64. The van der Waals surface area contributed by atoms with Crippen LogP contribution < -0.4 is 5.32 Å². The Morgan fingerprint density at radius 2 is 2.15 bits per heavy atom. The van der Waals surface area contributed by atoms with E-state index in [0.29, 0.717) is 12.5 Å². The monoisotopic (exact) mass is 357 g/mol. The third-order valence-electron chi connectivity index (χ3n) is 7.17. The van der Waals surface area contributed by atoms with Gasteiger partial charge in [-0.25, -0.2) is 0 Å². The Hall–Kier alpha value is -1.39. The Kier molecular flexibility index (Phi) is 4.60. The summed E-state index contributed by atoms with van der Waals surface area (Å²) in [4.78, 5) is 12.0. The zero-order valence-corrected chi connectivity index (χ0v) is 16.2. The van der Waals surface area contributed by atoms with Crippen LogP contribution >= 0.6 is 0 Å². The van der Waals surface area contributed by atoms with E-state index in [1.807, 2.05) is 0 Å². The number of allylic oxidation sites excluding steroid dienone is 4. The minimum Gasteiger partial charge on any atom is -0.465 e. The largest absolute Gasteiger partial charge is 0.465 e. The Balaban J connectivity index is 1.40. The molecule has 3 aliphatic carbocycles. The lowest BCUT2D eigenvalue weighted by Gasteiger charge is -2.38. The first-order chi connectivity index (χ1) is 12.5. The normalized spacial score (nSPS) is 32.2. The zero-order valence-electron chi connectivity index (χ0n) is 16.2. The van der Waals surface area contributed by atoms with E-state index in [-0.39, 0.29) is 23.5 Å². The summed E-state index contributed by atoms with van der Waals surface area (Å²) in [6.07, 6.45) is 7.91. The molecule has 3 atom stereocenters. The van der Waals surface area contributed by atoms with Crippen molar-refractivity contribution >= 4 is 5.97 Å². The molecule has 0 aromatic carbocycles. The van der Waals surface area contributed by atoms with Gasteiger partial charge >= 0.3 is 5.97 Å². The summed E-state index contributed by atoms with van der Waals surface area (Å²) in [5.74, 6) is 0.206. The van der Waals surface area contributed by atoms with E-state index < -0.39 is 0 Å². The zero-order chi connectivity index (χ0) is 18.5. The van der Waals surface area contributed by atoms with Crippen LogP contribution in [0.3, 0.4) is 0 Å². The Morgan fingerprint density at radius 3 is 2.81 bits per heavy atom. The van der Waals surface area contributed by atoms with Gasteiger partial charge < -0.3 is 15.2 Å². The molecule has 0 bridgehead atoms. The summed E-state index contributed by atoms with van der Waals surface area (Å²) in [6.45, 7) is 7.99. The fourth-order valence-electron chi connectivity index (χ4n) is 5.30. The van der Waals surface area contributed by atoms with E-state index in [2.05, 4.69) is 32.2 Å². The van der Waals surface area contributed by atoms with Crippen molar-refractivity contribution in [3.8, 4) is 0 Å². The lowest BCUT2D eigenvalue weighted by Crippen LogP contribution is -2.34. The molecule has 4 rings (SSSR count). The molecule has 0 radical (unpaired) electrons. The second kappa shape index (κ2) is 6.65. The molecule has 4 aliphatic rings. The molecule has 2 fully saturated rings. The molecule has 4 heteroatoms. The summed E-state index contributed by atoms with van der Waals surface area (Å²) in [5.41, 5.74) is 6.75. The molecular weight excluding hydrogens is 326 g/mol. The molecule has 26 heavy (non-hydrogen) atoms. The van der Waals surface area contributed by atoms with Gasteiger partial charge in [-0.3, -0.25) is 4.79 Å². The number of carbonyl (C=O) groups excluding carboxylic acids is 1. The molecule has 4 nitrogen and oxygen atoms in total. The van der Waals surface area contributed by atoms with Crippen molar-refractivity contribution in [3.63, 3.8) is 0 Å². The van der Waals surface area contributed by atoms with Crippen molar-refractivity contribution in [2.24, 2.45) is 11.3 Å². The summed E-state index contributed by atoms with van der Waals surface area (Å²) in [6, 6.07) is -0.106. The standard InChI is InChI=1S/C22H31NO3/c1-13-12-17-19(14(2)22(8-9-22)15(3)20(17)24)16(13)6-5-11-26-21(25)18-7-4-10-23-18/h12,15,18,20,23-24H,4-11H2,1-3H3/t15-,18+,20?/m1/s1. The highest BCUT2D eigenvalue weighted by Gasteiger charge is 2.56. The van der Waals surface area contributed by atoms with Gasteiger partial charge in [-0.2, -0.15) is 0 Å². The number of aliphatic hydroxyl groups excluding tert-OH is 1. The predicted molar refractivity (Wildman–Crippen MR) is 102 cm³/mol. The highest BCUT2D eigenvalue weighted by atomic mass is 16.5. The molecule has 1 saturated heterocycles. The van der Waals surface area contributed by atoms with Gasteiger partial charge in [0.2, 0.25) is 0 Å². The van der Waals surface area contributed by atoms with E-state index >= 15 is 0 Å². The molecule has 2 N–H and O–H groups in total. The van der Waals surface area contributed by atoms with Crippen LogP contribution in [0.2, 0.25) is 0 Å². The first-order valence-electron chi connectivity index (χ1n) is 10.2. The number of nitrogens with one attached hydrogen (secondary N) is 1. The van der Waals surface area contributed by atoms with Gasteiger partial charge in [-0.1, -0.05) is 18.6 Å². The average Bonchev–Trinajstić information content (AvgIpc) is 3.09. The highest BCUT2D eigenvalue weighted by molar-refractivity contribution is 5.76. The van der Waals surface area contributed by atoms with E-state index in [9.17, 15) is 9.90 Å². The quantitative estimate of drug-likeness (QED) is 0.585. The van der Waals surface area contributed by atoms with Gasteiger partial charge in [0, 0.05) is 0 Å². The number of hydrogen-bond acceptors (Lipinski definition) is 4. The number of carbonyl (C=O) groups is 1. The molecule has 1 saturated carbocycles. The first kappa shape index (κ1) is 18.0. The molecule has 1 heterocycles. The Morgan fingerprint density at radius 1 is 1.38 bits per heavy atom. The van der Waals surface area contributed by atoms with Crippen LogP contribution in [0.25, 0.3) is 0 Å². The Bertz CT molecular complexity index is 705. The minimum absolute atomic E-state index is 0.104. The molecule has 1 aliphatic heterocycles. The smallest absolute Gasteiger partial charge is 0.323 e. The van der Waals surface area contributed by atoms with Gasteiger partial charge in [0.25, 0.3) is 0 Å². The number of esters is 1. The maximum atomic E-state index is 12.0. The van der Waals surface area contributed by atoms with E-state index in [4.69, 9.17) is 4.74 Å². The summed E-state index contributed by atoms with van der Waals surface area (Å²) < 4.78 is 5.47. The van der Waals surface area contributed by atoms with Gasteiger partial charge in [-0.15, -0.1) is 0 Å². The maximum absolute atomic E-state index is 12.0. The lowest BCUT2D eigenvalue weighted by atomic mass is 9.69. The van der Waals surface area contributed by atoms with E-state index in [0.717, 1.165) is 37.8 Å². The summed E-state index contributed by atoms with van der Waals surface area (Å²) in [7, 11) is 0. The van der Waals surface area contributed by atoms with Crippen LogP contribution in [0.4, 0.5) is 0 Å². The van der Waals surface area contributed by atoms with Crippen LogP contribution in [0, 0.1) is 11.3 Å². The van der Waals surface area contributed by atoms with Gasteiger partial charge in [0.15, 0.2) is 0 Å². The van der Waals surface area contributed by atoms with Crippen molar-refractivity contribution in [1.29, 1.82) is 0 Å². The van der Waals surface area contributed by atoms with Gasteiger partial charge in [-0.05, 0) is 92.5 Å². The summed E-state index contributed by atoms with van der Waals surface area (Å²) in [5, 5.41) is 14.0. The average molecular weight is 357 g/mol. The SMILES string of the molecule is CC1=C(CCCOC(=O)[C@@H]2CCCN2)C2=C(C)C3(CC3)[C@H](C)C(O)C2=C1. The summed E-state index contributed by atoms with van der Waals surface area (Å²) >= 11 is 0. The van der Waals surface area contributed by atoms with Crippen molar-refractivity contribution < 1.29 is 14.6 Å². The Labute approximate surface area is 156 Å². The number of fused-ring (bicyclic) bond motifs is 1. The van der Waals surface area contributed by atoms with Crippen LogP contribution in [0.5, 0.6) is 0 Å². The number of rotatable bonds is 5. The van der Waals surface area contributed by atoms with Crippen LogP contribution in [-0.2, 0) is 9.53 Å². The van der Waals surface area contributed by atoms with Crippen molar-refractivity contribution in [2.45, 2.75) is 71.4 Å².